The largest absolute Gasteiger partial charge is 0.399 e. The minimum Gasteiger partial charge on any atom is -0.399 e. The number of nitrogens with two attached hydrogens (primary N) is 1. The summed E-state index contributed by atoms with van der Waals surface area (Å²) in [5.74, 6) is 0. The van der Waals surface area contributed by atoms with E-state index in [4.69, 9.17) is 5.73 Å². The molecule has 1 aliphatic rings. The van der Waals surface area contributed by atoms with Crippen LogP contribution in [0.2, 0.25) is 0 Å². The lowest BCUT2D eigenvalue weighted by atomic mass is 10.2. The van der Waals surface area contributed by atoms with Crippen LogP contribution in [0.25, 0.3) is 0 Å². The lowest BCUT2D eigenvalue weighted by Crippen LogP contribution is -2.47. The van der Waals surface area contributed by atoms with Crippen molar-refractivity contribution in [2.45, 2.75) is 13.0 Å². The van der Waals surface area contributed by atoms with Crippen LogP contribution >= 0.6 is 0 Å². The van der Waals surface area contributed by atoms with Gasteiger partial charge in [0, 0.05) is 43.8 Å². The molecule has 1 fully saturated rings. The average molecular weight is 208 g/mol. The number of pyridine rings is 1. The van der Waals surface area contributed by atoms with E-state index in [1.54, 1.807) is 24.5 Å². The van der Waals surface area contributed by atoms with Gasteiger partial charge in [-0.15, -0.1) is 0 Å². The number of hydrogen-bond donors (Lipinski definition) is 2. The van der Waals surface area contributed by atoms with Gasteiger partial charge >= 0.3 is 0 Å². The standard InChI is InChI=1S/C6H14N2.C5H6N2/c1-6-5-7-3-4-8(6)2;6-5-1-3-7-4-2-5/h6-7H,3-5H2,1-2H3;1-4H,(H2,6,7). The van der Waals surface area contributed by atoms with Crippen molar-refractivity contribution in [3.8, 4) is 0 Å². The van der Waals surface area contributed by atoms with Crippen LogP contribution in [0.4, 0.5) is 5.69 Å². The van der Waals surface area contributed by atoms with Gasteiger partial charge in [-0.1, -0.05) is 0 Å². The summed E-state index contributed by atoms with van der Waals surface area (Å²) in [5, 5.41) is 3.32. The highest BCUT2D eigenvalue weighted by Gasteiger charge is 2.11. The number of hydrogen-bond acceptors (Lipinski definition) is 4. The van der Waals surface area contributed by atoms with E-state index in [0.29, 0.717) is 0 Å². The highest BCUT2D eigenvalue weighted by atomic mass is 15.2. The van der Waals surface area contributed by atoms with E-state index < -0.39 is 0 Å². The molecule has 0 bridgehead atoms. The maximum Gasteiger partial charge on any atom is 0.0344 e. The second-order valence-corrected chi connectivity index (χ2v) is 3.81. The Bertz CT molecular complexity index is 253. The number of rotatable bonds is 0. The van der Waals surface area contributed by atoms with Crippen LogP contribution < -0.4 is 11.1 Å². The van der Waals surface area contributed by atoms with Gasteiger partial charge in [0.05, 0.1) is 0 Å². The fraction of sp³-hybridized carbons (Fsp3) is 0.545. The smallest absolute Gasteiger partial charge is 0.0344 e. The Morgan fingerprint density at radius 3 is 2.47 bits per heavy atom. The molecule has 0 radical (unpaired) electrons. The number of nitrogens with one attached hydrogen (secondary N) is 1. The fourth-order valence-corrected chi connectivity index (χ4v) is 1.31. The topological polar surface area (TPSA) is 54.2 Å². The summed E-state index contributed by atoms with van der Waals surface area (Å²) < 4.78 is 0. The predicted molar refractivity (Wildman–Crippen MR) is 63.6 cm³/mol. The first-order chi connectivity index (χ1) is 7.20. The number of aromatic nitrogens is 1. The quantitative estimate of drug-likeness (QED) is 0.654. The normalized spacial score (nSPS) is 21.6. The summed E-state index contributed by atoms with van der Waals surface area (Å²) in [6.07, 6.45) is 3.32. The molecule has 1 saturated heterocycles. The molecule has 0 aliphatic carbocycles. The first-order valence-corrected chi connectivity index (χ1v) is 5.26. The Hall–Kier alpha value is -1.13. The first kappa shape index (κ1) is 11.9. The van der Waals surface area contributed by atoms with Gasteiger partial charge in [-0.2, -0.15) is 0 Å². The van der Waals surface area contributed by atoms with Crippen molar-refractivity contribution in [3.63, 3.8) is 0 Å². The van der Waals surface area contributed by atoms with Crippen LogP contribution in [0.3, 0.4) is 0 Å². The monoisotopic (exact) mass is 208 g/mol. The molecular weight excluding hydrogens is 188 g/mol. The molecule has 84 valence electrons. The van der Waals surface area contributed by atoms with Gasteiger partial charge in [-0.3, -0.25) is 4.98 Å². The van der Waals surface area contributed by atoms with E-state index >= 15 is 0 Å². The molecule has 1 aromatic rings. The molecule has 1 aliphatic heterocycles. The molecular formula is C11H20N4. The van der Waals surface area contributed by atoms with Gasteiger partial charge in [0.2, 0.25) is 0 Å². The summed E-state index contributed by atoms with van der Waals surface area (Å²) in [4.78, 5) is 6.14. The zero-order valence-corrected chi connectivity index (χ0v) is 9.48. The van der Waals surface area contributed by atoms with Crippen LogP contribution in [0, 0.1) is 0 Å². The van der Waals surface area contributed by atoms with Crippen molar-refractivity contribution in [1.29, 1.82) is 0 Å². The zero-order valence-electron chi connectivity index (χ0n) is 9.48. The minimum absolute atomic E-state index is 0.726. The maximum atomic E-state index is 5.32. The van der Waals surface area contributed by atoms with Crippen LogP contribution in [-0.2, 0) is 0 Å². The van der Waals surface area contributed by atoms with Gasteiger partial charge in [-0.25, -0.2) is 0 Å². The van der Waals surface area contributed by atoms with Gasteiger partial charge in [0.1, 0.15) is 0 Å². The Labute approximate surface area is 91.5 Å². The van der Waals surface area contributed by atoms with Crippen molar-refractivity contribution in [3.05, 3.63) is 24.5 Å². The van der Waals surface area contributed by atoms with E-state index in [1.807, 2.05) is 0 Å². The maximum absolute atomic E-state index is 5.32. The third-order valence-electron chi connectivity index (χ3n) is 2.54. The SMILES string of the molecule is CC1CNCCN1C.Nc1ccncc1. The minimum atomic E-state index is 0.726. The fourth-order valence-electron chi connectivity index (χ4n) is 1.31. The Morgan fingerprint density at radius 1 is 1.47 bits per heavy atom. The first-order valence-electron chi connectivity index (χ1n) is 5.26. The van der Waals surface area contributed by atoms with Crippen molar-refractivity contribution in [1.82, 2.24) is 15.2 Å². The molecule has 0 spiro atoms. The van der Waals surface area contributed by atoms with Crippen molar-refractivity contribution in [2.24, 2.45) is 0 Å². The van der Waals surface area contributed by atoms with Gasteiger partial charge < -0.3 is 16.0 Å². The third-order valence-corrected chi connectivity index (χ3v) is 2.54. The molecule has 3 N–H and O–H groups in total. The summed E-state index contributed by atoms with van der Waals surface area (Å²) in [7, 11) is 2.17. The van der Waals surface area contributed by atoms with Crippen LogP contribution in [0.15, 0.2) is 24.5 Å². The number of nitrogens with zero attached hydrogens (tertiary/aromatic N) is 2. The molecule has 4 heteroatoms. The van der Waals surface area contributed by atoms with Crippen molar-refractivity contribution >= 4 is 5.69 Å². The van der Waals surface area contributed by atoms with E-state index in [2.05, 4.69) is 29.2 Å². The van der Waals surface area contributed by atoms with E-state index in [1.165, 1.54) is 6.54 Å². The molecule has 4 nitrogen and oxygen atoms in total. The Balaban J connectivity index is 0.000000151. The zero-order chi connectivity index (χ0) is 11.1. The average Bonchev–Trinajstić information content (AvgIpc) is 2.25. The van der Waals surface area contributed by atoms with Gasteiger partial charge in [0.15, 0.2) is 0 Å². The Kier molecular flexibility index (Phi) is 5.07. The van der Waals surface area contributed by atoms with E-state index in [9.17, 15) is 0 Å². The molecule has 2 rings (SSSR count). The second-order valence-electron chi connectivity index (χ2n) is 3.81. The highest BCUT2D eigenvalue weighted by molar-refractivity contribution is 5.33. The van der Waals surface area contributed by atoms with Gasteiger partial charge in [-0.05, 0) is 26.1 Å². The summed E-state index contributed by atoms with van der Waals surface area (Å²) in [6.45, 7) is 5.74. The third kappa shape index (κ3) is 4.76. The number of piperazine rings is 1. The molecule has 2 heterocycles. The summed E-state index contributed by atoms with van der Waals surface area (Å²) >= 11 is 0. The van der Waals surface area contributed by atoms with E-state index in [-0.39, 0.29) is 0 Å². The molecule has 1 unspecified atom stereocenters. The molecule has 1 aromatic heterocycles. The lowest BCUT2D eigenvalue weighted by molar-refractivity contribution is 0.215. The van der Waals surface area contributed by atoms with Crippen molar-refractivity contribution < 1.29 is 0 Å². The second kappa shape index (κ2) is 6.37. The molecule has 15 heavy (non-hydrogen) atoms. The number of nitrogen functional groups attached to an aromatic ring is 1. The van der Waals surface area contributed by atoms with E-state index in [0.717, 1.165) is 24.8 Å². The molecule has 0 amide bonds. The molecule has 0 saturated carbocycles. The predicted octanol–water partition coefficient (Wildman–Crippen LogP) is 0.574. The summed E-state index contributed by atoms with van der Waals surface area (Å²) in [5.41, 5.74) is 6.08. The number of anilines is 1. The van der Waals surface area contributed by atoms with Crippen LogP contribution in [-0.4, -0.2) is 42.6 Å². The Morgan fingerprint density at radius 2 is 2.13 bits per heavy atom. The number of likely N-dealkylation sites (N-methyl/N-ethyl adjacent to an activating group) is 1. The van der Waals surface area contributed by atoms with Crippen LogP contribution in [0.1, 0.15) is 6.92 Å². The molecule has 1 atom stereocenters. The highest BCUT2D eigenvalue weighted by Crippen LogP contribution is 1.95. The van der Waals surface area contributed by atoms with Gasteiger partial charge in [0.25, 0.3) is 0 Å². The molecule has 0 aromatic carbocycles. The van der Waals surface area contributed by atoms with Crippen LogP contribution in [0.5, 0.6) is 0 Å². The summed E-state index contributed by atoms with van der Waals surface area (Å²) in [6, 6.07) is 4.23. The lowest BCUT2D eigenvalue weighted by Gasteiger charge is -2.29. The van der Waals surface area contributed by atoms with Crippen molar-refractivity contribution in [2.75, 3.05) is 32.4 Å².